The van der Waals surface area contributed by atoms with E-state index in [1.165, 1.54) is 0 Å². The molecule has 1 unspecified atom stereocenters. The molecule has 3 aromatic rings. The molecule has 2 heterocycles. The Kier molecular flexibility index (Phi) is 5.07. The number of anilines is 1. The molecule has 1 aromatic heterocycles. The molecule has 0 spiro atoms. The van der Waals surface area contributed by atoms with Crippen LogP contribution < -0.4 is 15.0 Å². The Morgan fingerprint density at radius 1 is 1.22 bits per heavy atom. The van der Waals surface area contributed by atoms with Gasteiger partial charge in [-0.1, -0.05) is 24.3 Å². The lowest BCUT2D eigenvalue weighted by atomic mass is 10.0. The first-order chi connectivity index (χ1) is 13.2. The molecule has 0 aliphatic carbocycles. The highest BCUT2D eigenvalue weighted by molar-refractivity contribution is 7.13. The maximum atomic E-state index is 12.6. The molecule has 4 rings (SSSR count). The minimum Gasteiger partial charge on any atom is -0.497 e. The highest BCUT2D eigenvalue weighted by Crippen LogP contribution is 2.25. The number of hydrogen-bond donors (Lipinski definition) is 1. The Morgan fingerprint density at radius 2 is 2.07 bits per heavy atom. The Balaban J connectivity index is 1.39. The largest absolute Gasteiger partial charge is 0.497 e. The number of nitrogens with zero attached hydrogens (tertiary/aromatic N) is 2. The summed E-state index contributed by atoms with van der Waals surface area (Å²) in [5.41, 5.74) is 2.80. The summed E-state index contributed by atoms with van der Waals surface area (Å²) in [5.74, 6) is 0.790. The number of hydrogen-bond acceptors (Lipinski definition) is 5. The standard InChI is InChI=1S/C21H21N3O2S/c1-26-19-4-2-3-17(13-19)15-5-7-16(8-6-15)20(25)23-18-9-11-24(14-18)21-22-10-12-27-21/h2-8,10,12-13,18H,9,11,14H2,1H3,(H,23,25). The van der Waals surface area contributed by atoms with Gasteiger partial charge >= 0.3 is 0 Å². The van der Waals surface area contributed by atoms with Crippen molar-refractivity contribution in [1.29, 1.82) is 0 Å². The number of thiazole rings is 1. The number of carbonyl (C=O) groups excluding carboxylic acids is 1. The summed E-state index contributed by atoms with van der Waals surface area (Å²) in [6.07, 6.45) is 2.75. The van der Waals surface area contributed by atoms with Crippen LogP contribution in [-0.2, 0) is 0 Å². The second kappa shape index (κ2) is 7.80. The van der Waals surface area contributed by atoms with Crippen molar-refractivity contribution in [2.45, 2.75) is 12.5 Å². The molecule has 1 N–H and O–H groups in total. The normalized spacial score (nSPS) is 16.3. The Bertz CT molecular complexity index is 909. The van der Waals surface area contributed by atoms with Crippen molar-refractivity contribution in [3.8, 4) is 16.9 Å². The molecule has 2 aromatic carbocycles. The van der Waals surface area contributed by atoms with E-state index < -0.39 is 0 Å². The van der Waals surface area contributed by atoms with Crippen molar-refractivity contribution in [2.75, 3.05) is 25.1 Å². The molecule has 0 saturated carbocycles. The van der Waals surface area contributed by atoms with Gasteiger partial charge in [0.25, 0.3) is 5.91 Å². The summed E-state index contributed by atoms with van der Waals surface area (Å²) in [4.78, 5) is 19.1. The van der Waals surface area contributed by atoms with E-state index in [-0.39, 0.29) is 11.9 Å². The van der Waals surface area contributed by atoms with Gasteiger partial charge < -0.3 is 15.0 Å². The molecule has 1 atom stereocenters. The quantitative estimate of drug-likeness (QED) is 0.732. The molecule has 5 nitrogen and oxygen atoms in total. The third kappa shape index (κ3) is 3.95. The zero-order valence-electron chi connectivity index (χ0n) is 15.1. The highest BCUT2D eigenvalue weighted by Gasteiger charge is 2.25. The minimum atomic E-state index is -0.0295. The molecule has 1 saturated heterocycles. The Morgan fingerprint density at radius 3 is 2.81 bits per heavy atom. The van der Waals surface area contributed by atoms with Gasteiger partial charge in [0.2, 0.25) is 0 Å². The van der Waals surface area contributed by atoms with Crippen LogP contribution >= 0.6 is 11.3 Å². The number of nitrogens with one attached hydrogen (secondary N) is 1. The Hall–Kier alpha value is -2.86. The summed E-state index contributed by atoms with van der Waals surface area (Å²) in [7, 11) is 1.66. The van der Waals surface area contributed by atoms with E-state index >= 15 is 0 Å². The van der Waals surface area contributed by atoms with Crippen molar-refractivity contribution >= 4 is 22.4 Å². The van der Waals surface area contributed by atoms with Crippen LogP contribution in [0.2, 0.25) is 0 Å². The summed E-state index contributed by atoms with van der Waals surface area (Å²) >= 11 is 1.63. The van der Waals surface area contributed by atoms with Gasteiger partial charge in [-0.2, -0.15) is 0 Å². The number of rotatable bonds is 5. The first-order valence-corrected chi connectivity index (χ1v) is 9.81. The van der Waals surface area contributed by atoms with Crippen LogP contribution in [0.1, 0.15) is 16.8 Å². The summed E-state index contributed by atoms with van der Waals surface area (Å²) in [6.45, 7) is 1.73. The van der Waals surface area contributed by atoms with Crippen molar-refractivity contribution in [2.24, 2.45) is 0 Å². The fourth-order valence-corrected chi connectivity index (χ4v) is 3.99. The predicted octanol–water partition coefficient (Wildman–Crippen LogP) is 3.83. The van der Waals surface area contributed by atoms with Crippen LogP contribution in [-0.4, -0.2) is 37.1 Å². The fraction of sp³-hybridized carbons (Fsp3) is 0.238. The van der Waals surface area contributed by atoms with E-state index in [0.717, 1.165) is 41.5 Å². The maximum Gasteiger partial charge on any atom is 0.251 e. The number of aromatic nitrogens is 1. The third-order valence-electron chi connectivity index (χ3n) is 4.76. The lowest BCUT2D eigenvalue weighted by Gasteiger charge is -2.16. The van der Waals surface area contributed by atoms with Gasteiger partial charge in [0.1, 0.15) is 5.75 Å². The van der Waals surface area contributed by atoms with Gasteiger partial charge in [-0.25, -0.2) is 4.98 Å². The van der Waals surface area contributed by atoms with Gasteiger partial charge in [-0.05, 0) is 41.8 Å². The average molecular weight is 379 g/mol. The van der Waals surface area contributed by atoms with Gasteiger partial charge in [0.15, 0.2) is 5.13 Å². The van der Waals surface area contributed by atoms with Crippen molar-refractivity contribution in [1.82, 2.24) is 10.3 Å². The van der Waals surface area contributed by atoms with Crippen LogP contribution in [0.15, 0.2) is 60.1 Å². The number of benzene rings is 2. The first-order valence-electron chi connectivity index (χ1n) is 8.93. The lowest BCUT2D eigenvalue weighted by molar-refractivity contribution is 0.0940. The van der Waals surface area contributed by atoms with Crippen molar-refractivity contribution < 1.29 is 9.53 Å². The second-order valence-corrected chi connectivity index (χ2v) is 7.40. The van der Waals surface area contributed by atoms with Gasteiger partial charge in [-0.3, -0.25) is 4.79 Å². The zero-order chi connectivity index (χ0) is 18.6. The number of carbonyl (C=O) groups is 1. The molecule has 138 valence electrons. The third-order valence-corrected chi connectivity index (χ3v) is 5.60. The molecular weight excluding hydrogens is 358 g/mol. The summed E-state index contributed by atoms with van der Waals surface area (Å²) < 4.78 is 5.28. The van der Waals surface area contributed by atoms with Crippen LogP contribution in [0, 0.1) is 0 Å². The minimum absolute atomic E-state index is 0.0295. The smallest absolute Gasteiger partial charge is 0.251 e. The maximum absolute atomic E-state index is 12.6. The van der Waals surface area contributed by atoms with Gasteiger partial charge in [0, 0.05) is 36.3 Å². The fourth-order valence-electron chi connectivity index (χ4n) is 3.31. The second-order valence-electron chi connectivity index (χ2n) is 6.53. The summed E-state index contributed by atoms with van der Waals surface area (Å²) in [5, 5.41) is 6.14. The molecule has 1 aliphatic rings. The average Bonchev–Trinajstić information content (AvgIpc) is 3.40. The number of methoxy groups -OCH3 is 1. The van der Waals surface area contributed by atoms with Crippen molar-refractivity contribution in [3.63, 3.8) is 0 Å². The molecule has 1 amide bonds. The molecule has 1 fully saturated rings. The van der Waals surface area contributed by atoms with Gasteiger partial charge in [-0.15, -0.1) is 11.3 Å². The van der Waals surface area contributed by atoms with Gasteiger partial charge in [0.05, 0.1) is 7.11 Å². The molecule has 27 heavy (non-hydrogen) atoms. The van der Waals surface area contributed by atoms with E-state index in [2.05, 4.69) is 15.2 Å². The van der Waals surface area contributed by atoms with Crippen LogP contribution in [0.25, 0.3) is 11.1 Å². The monoisotopic (exact) mass is 379 g/mol. The van der Waals surface area contributed by atoms with E-state index in [4.69, 9.17) is 4.74 Å². The van der Waals surface area contributed by atoms with Crippen molar-refractivity contribution in [3.05, 3.63) is 65.7 Å². The molecule has 6 heteroatoms. The first kappa shape index (κ1) is 17.5. The van der Waals surface area contributed by atoms with E-state index in [1.807, 2.05) is 60.1 Å². The van der Waals surface area contributed by atoms with E-state index in [1.54, 1.807) is 18.4 Å². The lowest BCUT2D eigenvalue weighted by Crippen LogP contribution is -2.37. The molecule has 0 radical (unpaired) electrons. The summed E-state index contributed by atoms with van der Waals surface area (Å²) in [6, 6.07) is 15.7. The van der Waals surface area contributed by atoms with Crippen LogP contribution in [0.4, 0.5) is 5.13 Å². The Labute approximate surface area is 162 Å². The van der Waals surface area contributed by atoms with Crippen LogP contribution in [0.3, 0.4) is 0 Å². The SMILES string of the molecule is COc1cccc(-c2ccc(C(=O)NC3CCN(c4nccs4)C3)cc2)c1. The highest BCUT2D eigenvalue weighted by atomic mass is 32.1. The zero-order valence-corrected chi connectivity index (χ0v) is 15.9. The van der Waals surface area contributed by atoms with E-state index in [0.29, 0.717) is 5.56 Å². The molecular formula is C21H21N3O2S. The molecule has 1 aliphatic heterocycles. The number of amides is 1. The molecule has 0 bridgehead atoms. The predicted molar refractivity (Wildman–Crippen MR) is 109 cm³/mol. The van der Waals surface area contributed by atoms with Crippen LogP contribution in [0.5, 0.6) is 5.75 Å². The topological polar surface area (TPSA) is 54.5 Å². The van der Waals surface area contributed by atoms with E-state index in [9.17, 15) is 4.79 Å². The number of ether oxygens (including phenoxy) is 1.